The van der Waals surface area contributed by atoms with E-state index >= 15 is 0 Å². The smallest absolute Gasteiger partial charge is 0.240 e. The van der Waals surface area contributed by atoms with Gasteiger partial charge < -0.3 is 15.8 Å². The number of nitrogens with zero attached hydrogens (tertiary/aromatic N) is 4. The lowest BCUT2D eigenvalue weighted by Gasteiger charge is -2.24. The molecule has 0 fully saturated rings. The van der Waals surface area contributed by atoms with E-state index in [1.165, 1.54) is 6.92 Å². The summed E-state index contributed by atoms with van der Waals surface area (Å²) in [5.41, 5.74) is 6.09. The van der Waals surface area contributed by atoms with Crippen LogP contribution in [-0.4, -0.2) is 44.6 Å². The minimum atomic E-state index is -1.09. The van der Waals surface area contributed by atoms with Gasteiger partial charge in [0.25, 0.3) is 0 Å². The summed E-state index contributed by atoms with van der Waals surface area (Å²) in [6, 6.07) is 12.7. The molecule has 0 saturated carbocycles. The molecule has 34 heavy (non-hydrogen) atoms. The molecule has 0 aliphatic carbocycles. The van der Waals surface area contributed by atoms with Gasteiger partial charge in [-0.05, 0) is 44.6 Å². The van der Waals surface area contributed by atoms with Crippen molar-refractivity contribution < 1.29 is 14.3 Å². The van der Waals surface area contributed by atoms with Crippen LogP contribution in [0.5, 0.6) is 0 Å². The summed E-state index contributed by atoms with van der Waals surface area (Å²) in [5, 5.41) is 11.5. The van der Waals surface area contributed by atoms with Gasteiger partial charge in [-0.1, -0.05) is 36.4 Å². The van der Waals surface area contributed by atoms with E-state index in [1.54, 1.807) is 48.9 Å². The monoisotopic (exact) mass is 460 g/mol. The van der Waals surface area contributed by atoms with E-state index in [2.05, 4.69) is 20.5 Å². The summed E-state index contributed by atoms with van der Waals surface area (Å²) < 4.78 is 7.68. The van der Waals surface area contributed by atoms with Gasteiger partial charge in [0.15, 0.2) is 22.8 Å². The Morgan fingerprint density at radius 3 is 2.59 bits per heavy atom. The number of aromatic nitrogens is 3. The predicted molar refractivity (Wildman–Crippen MR) is 128 cm³/mol. The van der Waals surface area contributed by atoms with Crippen LogP contribution in [0.15, 0.2) is 65.8 Å². The van der Waals surface area contributed by atoms with Gasteiger partial charge in [0.2, 0.25) is 5.91 Å². The van der Waals surface area contributed by atoms with E-state index in [1.807, 2.05) is 36.4 Å². The summed E-state index contributed by atoms with van der Waals surface area (Å²) in [7, 11) is 0. The number of pyridine rings is 1. The first kappa shape index (κ1) is 23.5. The molecule has 2 atom stereocenters. The Bertz CT molecular complexity index is 1240. The van der Waals surface area contributed by atoms with Gasteiger partial charge in [0.05, 0.1) is 18.8 Å². The number of benzene rings is 1. The van der Waals surface area contributed by atoms with Gasteiger partial charge in [-0.25, -0.2) is 0 Å². The van der Waals surface area contributed by atoms with Crippen LogP contribution in [0.3, 0.4) is 0 Å². The van der Waals surface area contributed by atoms with E-state index in [9.17, 15) is 9.59 Å². The number of hydrogen-bond acceptors (Lipinski definition) is 7. The average Bonchev–Trinajstić information content (AvgIpc) is 3.46. The molecule has 1 aromatic carbocycles. The number of amides is 1. The second-order valence-electron chi connectivity index (χ2n) is 8.91. The highest BCUT2D eigenvalue weighted by molar-refractivity contribution is 5.95. The summed E-state index contributed by atoms with van der Waals surface area (Å²) in [6.07, 6.45) is 6.91. The van der Waals surface area contributed by atoms with Crippen molar-refractivity contribution in [2.24, 2.45) is 10.7 Å². The molecule has 1 aliphatic rings. The Hall–Kier alpha value is -3.69. The lowest BCUT2D eigenvalue weighted by atomic mass is 9.88. The number of carbonyl (C=O) groups is 2. The summed E-state index contributed by atoms with van der Waals surface area (Å²) in [6.45, 7) is 5.29. The first-order valence-electron chi connectivity index (χ1n) is 11.0. The van der Waals surface area contributed by atoms with Crippen LogP contribution in [0.2, 0.25) is 0 Å². The number of hydrogen-bond donors (Lipinski definition) is 2. The zero-order valence-electron chi connectivity index (χ0n) is 19.4. The number of allylic oxidation sites excluding steroid dienone is 1. The fourth-order valence-electron chi connectivity index (χ4n) is 3.73. The molecule has 3 aromatic rings. The summed E-state index contributed by atoms with van der Waals surface area (Å²) >= 11 is 0. The number of carbonyl (C=O) groups excluding carboxylic acids is 2. The number of ketones is 1. The molecule has 0 spiro atoms. The molecule has 9 nitrogen and oxygen atoms in total. The van der Waals surface area contributed by atoms with Gasteiger partial charge in [0, 0.05) is 18.0 Å². The van der Waals surface area contributed by atoms with Crippen molar-refractivity contribution in [3.05, 3.63) is 77.8 Å². The molecule has 3 heterocycles. The average molecular weight is 461 g/mol. The Labute approximate surface area is 197 Å². The lowest BCUT2D eigenvalue weighted by molar-refractivity contribution is -0.126. The maximum atomic E-state index is 12.7. The van der Waals surface area contributed by atoms with Gasteiger partial charge in [0.1, 0.15) is 6.04 Å². The highest BCUT2D eigenvalue weighted by atomic mass is 16.5. The molecular weight excluding hydrogens is 432 g/mol. The molecule has 176 valence electrons. The predicted octanol–water partition coefficient (Wildman–Crippen LogP) is 2.27. The molecule has 9 heteroatoms. The lowest BCUT2D eigenvalue weighted by Crippen LogP contribution is -2.51. The minimum absolute atomic E-state index is 0.104. The van der Waals surface area contributed by atoms with Crippen LogP contribution in [-0.2, 0) is 26.5 Å². The summed E-state index contributed by atoms with van der Waals surface area (Å²) in [5.74, 6) is 0.0109. The molecule has 1 amide bonds. The first-order chi connectivity index (χ1) is 16.2. The molecular formula is C25H28N6O3. The normalized spacial score (nSPS) is 18.4. The number of ether oxygens (including phenoxy) is 1. The van der Waals surface area contributed by atoms with Gasteiger partial charge in [-0.2, -0.15) is 0 Å². The van der Waals surface area contributed by atoms with Gasteiger partial charge in [-0.15, -0.1) is 10.2 Å². The fourth-order valence-corrected chi connectivity index (χ4v) is 3.73. The molecule has 0 bridgehead atoms. The SMILES string of the molecule is CC(=O)C1(c2ccc3nnc(C(COCc4ccccc4)NC(=O)C(C)(C)N)n3c2)C=CC=N1. The van der Waals surface area contributed by atoms with Crippen molar-refractivity contribution >= 4 is 23.6 Å². The van der Waals surface area contributed by atoms with Crippen LogP contribution in [0.25, 0.3) is 5.65 Å². The number of nitrogens with two attached hydrogens (primary N) is 1. The molecule has 0 saturated heterocycles. The standard InChI is InChI=1S/C25H28N6O3/c1-17(32)25(12-7-13-27-25)19-10-11-21-29-30-22(31(21)14-19)20(28-23(33)24(2,3)26)16-34-15-18-8-5-4-6-9-18/h4-14,20H,15-16,26H2,1-3H3,(H,28,33). The molecule has 4 rings (SSSR count). The third-order valence-corrected chi connectivity index (χ3v) is 5.71. The Kier molecular flexibility index (Phi) is 6.41. The number of nitrogens with one attached hydrogen (secondary N) is 1. The zero-order valence-corrected chi connectivity index (χ0v) is 19.4. The van der Waals surface area contributed by atoms with Crippen LogP contribution in [0.1, 0.15) is 43.8 Å². The Balaban J connectivity index is 1.68. The van der Waals surface area contributed by atoms with Crippen LogP contribution in [0.4, 0.5) is 0 Å². The maximum Gasteiger partial charge on any atom is 0.240 e. The van der Waals surface area contributed by atoms with Crippen molar-refractivity contribution in [2.45, 2.75) is 44.5 Å². The second-order valence-corrected chi connectivity index (χ2v) is 8.91. The molecule has 3 N–H and O–H groups in total. The zero-order chi connectivity index (χ0) is 24.3. The largest absolute Gasteiger partial charge is 0.374 e. The van der Waals surface area contributed by atoms with Crippen molar-refractivity contribution in [3.8, 4) is 0 Å². The van der Waals surface area contributed by atoms with Gasteiger partial charge in [-0.3, -0.25) is 19.0 Å². The van der Waals surface area contributed by atoms with Crippen LogP contribution in [0, 0.1) is 0 Å². The van der Waals surface area contributed by atoms with Crippen molar-refractivity contribution in [1.82, 2.24) is 19.9 Å². The Morgan fingerprint density at radius 2 is 1.94 bits per heavy atom. The topological polar surface area (TPSA) is 124 Å². The van der Waals surface area contributed by atoms with E-state index in [0.29, 0.717) is 23.6 Å². The summed E-state index contributed by atoms with van der Waals surface area (Å²) in [4.78, 5) is 29.6. The minimum Gasteiger partial charge on any atom is -0.374 e. The van der Waals surface area contributed by atoms with E-state index < -0.39 is 17.1 Å². The Morgan fingerprint density at radius 1 is 1.18 bits per heavy atom. The molecule has 1 aliphatic heterocycles. The van der Waals surface area contributed by atoms with Crippen molar-refractivity contribution in [2.75, 3.05) is 6.61 Å². The van der Waals surface area contributed by atoms with E-state index in [4.69, 9.17) is 10.5 Å². The van der Waals surface area contributed by atoms with Crippen LogP contribution >= 0.6 is 0 Å². The molecule has 0 radical (unpaired) electrons. The first-order valence-corrected chi connectivity index (χ1v) is 11.0. The number of Topliss-reactive ketones (excluding diaryl/α,β-unsaturated/α-hetero) is 1. The third-order valence-electron chi connectivity index (χ3n) is 5.71. The second kappa shape index (κ2) is 9.28. The van der Waals surface area contributed by atoms with Crippen LogP contribution < -0.4 is 11.1 Å². The fraction of sp³-hybridized carbons (Fsp3) is 0.320. The highest BCUT2D eigenvalue weighted by Crippen LogP contribution is 2.32. The van der Waals surface area contributed by atoms with Gasteiger partial charge >= 0.3 is 0 Å². The van der Waals surface area contributed by atoms with Crippen molar-refractivity contribution in [1.29, 1.82) is 0 Å². The quantitative estimate of drug-likeness (QED) is 0.505. The van der Waals surface area contributed by atoms with E-state index in [0.717, 1.165) is 5.56 Å². The van der Waals surface area contributed by atoms with E-state index in [-0.39, 0.29) is 18.3 Å². The van der Waals surface area contributed by atoms with Crippen molar-refractivity contribution in [3.63, 3.8) is 0 Å². The molecule has 2 unspecified atom stereocenters. The molecule has 2 aromatic heterocycles. The number of rotatable bonds is 9. The number of fused-ring (bicyclic) bond motifs is 1. The maximum absolute atomic E-state index is 12.7. The highest BCUT2D eigenvalue weighted by Gasteiger charge is 2.36. The number of aliphatic imine (C=N–C) groups is 1. The third kappa shape index (κ3) is 4.66.